The van der Waals surface area contributed by atoms with Gasteiger partial charge in [0.25, 0.3) is 11.8 Å². The highest BCUT2D eigenvalue weighted by atomic mass is 16.5. The lowest BCUT2D eigenvalue weighted by atomic mass is 9.91. The van der Waals surface area contributed by atoms with Gasteiger partial charge in [-0.1, -0.05) is 12.1 Å². The second-order valence-corrected chi connectivity index (χ2v) is 5.34. The highest BCUT2D eigenvalue weighted by Crippen LogP contribution is 2.38. The van der Waals surface area contributed by atoms with E-state index >= 15 is 0 Å². The van der Waals surface area contributed by atoms with Crippen LogP contribution in [0.1, 0.15) is 26.3 Å². The van der Waals surface area contributed by atoms with Crippen LogP contribution >= 0.6 is 0 Å². The van der Waals surface area contributed by atoms with Crippen molar-refractivity contribution in [2.75, 3.05) is 13.8 Å². The van der Waals surface area contributed by atoms with Crippen molar-refractivity contribution < 1.29 is 19.5 Å². The van der Waals surface area contributed by atoms with Gasteiger partial charge in [-0.15, -0.1) is 5.06 Å². The summed E-state index contributed by atoms with van der Waals surface area (Å²) in [7, 11) is 1.93. The van der Waals surface area contributed by atoms with Gasteiger partial charge in [0, 0.05) is 17.5 Å². The molecule has 4 rings (SSSR count). The summed E-state index contributed by atoms with van der Waals surface area (Å²) < 4.78 is 5.65. The minimum absolute atomic E-state index is 0.165. The fourth-order valence-corrected chi connectivity index (χ4v) is 2.97. The molecule has 0 saturated carbocycles. The molecule has 0 radical (unpaired) electrons. The molecule has 2 aliphatic rings. The summed E-state index contributed by atoms with van der Waals surface area (Å²) in [6.45, 7) is 1.12. The van der Waals surface area contributed by atoms with E-state index in [1.165, 1.54) is 0 Å². The second-order valence-electron chi connectivity index (χ2n) is 5.34. The molecule has 2 heterocycles. The van der Waals surface area contributed by atoms with Crippen LogP contribution < -0.4 is 4.74 Å². The molecule has 0 aliphatic carbocycles. The topological polar surface area (TPSA) is 70.1 Å². The highest BCUT2D eigenvalue weighted by molar-refractivity contribution is 6.25. The zero-order valence-corrected chi connectivity index (χ0v) is 11.3. The monoisotopic (exact) mass is 284 g/mol. The molecule has 1 N–H and O–H groups in total. The molecule has 0 saturated heterocycles. The number of carbonyl (C=O) groups excluding carboxylic acids is 2. The van der Waals surface area contributed by atoms with E-state index in [0.29, 0.717) is 35.5 Å². The van der Waals surface area contributed by atoms with Gasteiger partial charge in [0.15, 0.2) is 0 Å². The maximum Gasteiger partial charge on any atom is 0.285 e. The van der Waals surface area contributed by atoms with Crippen molar-refractivity contribution in [1.82, 2.24) is 9.96 Å². The van der Waals surface area contributed by atoms with Gasteiger partial charge in [0.2, 0.25) is 0 Å². The van der Waals surface area contributed by atoms with Crippen LogP contribution in [-0.2, 0) is 6.54 Å². The van der Waals surface area contributed by atoms with Crippen LogP contribution in [0.5, 0.6) is 5.75 Å². The van der Waals surface area contributed by atoms with Crippen molar-refractivity contribution in [1.29, 1.82) is 0 Å². The molecule has 0 fully saturated rings. The van der Waals surface area contributed by atoms with Gasteiger partial charge >= 0.3 is 0 Å². The number of amides is 2. The number of hydrogen-bond acceptors (Lipinski definition) is 5. The summed E-state index contributed by atoms with van der Waals surface area (Å²) in [5.41, 5.74) is 1.59. The van der Waals surface area contributed by atoms with E-state index in [1.807, 2.05) is 18.0 Å². The summed E-state index contributed by atoms with van der Waals surface area (Å²) in [6.07, 6.45) is 0. The molecule has 0 aromatic heterocycles. The SMILES string of the molecule is CN1COc2cc3c4c(cccc4c2C1)C(=O)N(O)C3=O. The van der Waals surface area contributed by atoms with Crippen molar-refractivity contribution in [3.63, 3.8) is 0 Å². The van der Waals surface area contributed by atoms with Gasteiger partial charge in [0.05, 0.1) is 11.1 Å². The third-order valence-corrected chi connectivity index (χ3v) is 3.95. The van der Waals surface area contributed by atoms with Crippen molar-refractivity contribution in [3.05, 3.63) is 41.0 Å². The van der Waals surface area contributed by atoms with Gasteiger partial charge in [-0.3, -0.25) is 19.7 Å². The number of nitrogens with zero attached hydrogens (tertiary/aromatic N) is 2. The Morgan fingerprint density at radius 3 is 2.76 bits per heavy atom. The van der Waals surface area contributed by atoms with Crippen molar-refractivity contribution in [2.45, 2.75) is 6.54 Å². The number of hydroxylamine groups is 2. The van der Waals surface area contributed by atoms with Gasteiger partial charge < -0.3 is 4.74 Å². The molecule has 0 unspecified atom stereocenters. The first-order valence-electron chi connectivity index (χ1n) is 6.55. The number of fused-ring (bicyclic) bond motifs is 2. The minimum Gasteiger partial charge on any atom is -0.478 e. The molecule has 106 valence electrons. The van der Waals surface area contributed by atoms with E-state index in [0.717, 1.165) is 10.9 Å². The lowest BCUT2D eigenvalue weighted by Crippen LogP contribution is -2.38. The minimum atomic E-state index is -0.714. The summed E-state index contributed by atoms with van der Waals surface area (Å²) >= 11 is 0. The third-order valence-electron chi connectivity index (χ3n) is 3.95. The van der Waals surface area contributed by atoms with Crippen molar-refractivity contribution >= 4 is 22.6 Å². The first-order valence-corrected chi connectivity index (χ1v) is 6.55. The molecule has 2 aromatic rings. The van der Waals surface area contributed by atoms with E-state index in [-0.39, 0.29) is 5.06 Å². The van der Waals surface area contributed by atoms with E-state index in [9.17, 15) is 14.8 Å². The Hall–Kier alpha value is -2.44. The van der Waals surface area contributed by atoms with Crippen LogP contribution in [0.2, 0.25) is 0 Å². The fourth-order valence-electron chi connectivity index (χ4n) is 2.97. The van der Waals surface area contributed by atoms with Crippen LogP contribution in [0.4, 0.5) is 0 Å². The molecular formula is C15H12N2O4. The Morgan fingerprint density at radius 2 is 1.95 bits per heavy atom. The van der Waals surface area contributed by atoms with Crippen molar-refractivity contribution in [2.24, 2.45) is 0 Å². The Morgan fingerprint density at radius 1 is 1.19 bits per heavy atom. The number of carbonyl (C=O) groups is 2. The largest absolute Gasteiger partial charge is 0.478 e. The number of ether oxygens (including phenoxy) is 1. The molecule has 0 bridgehead atoms. The molecule has 2 aliphatic heterocycles. The van der Waals surface area contributed by atoms with Gasteiger partial charge in [-0.25, -0.2) is 0 Å². The Bertz CT molecular complexity index is 815. The molecule has 2 amide bonds. The number of benzene rings is 2. The van der Waals surface area contributed by atoms with Gasteiger partial charge in [0.1, 0.15) is 12.5 Å². The molecule has 0 spiro atoms. The number of rotatable bonds is 0. The van der Waals surface area contributed by atoms with Crippen molar-refractivity contribution in [3.8, 4) is 5.75 Å². The van der Waals surface area contributed by atoms with Crippen LogP contribution in [0.15, 0.2) is 24.3 Å². The predicted octanol–water partition coefficient (Wildman–Crippen LogP) is 1.61. The van der Waals surface area contributed by atoms with Crippen LogP contribution in [0, 0.1) is 0 Å². The first kappa shape index (κ1) is 12.3. The van der Waals surface area contributed by atoms with Crippen LogP contribution in [-0.4, -0.2) is 40.8 Å². The van der Waals surface area contributed by atoms with Crippen LogP contribution in [0.25, 0.3) is 10.8 Å². The molecule has 21 heavy (non-hydrogen) atoms. The Kier molecular flexibility index (Phi) is 2.36. The van der Waals surface area contributed by atoms with E-state index in [1.54, 1.807) is 18.2 Å². The van der Waals surface area contributed by atoms with Gasteiger partial charge in [-0.05, 0) is 24.6 Å². The van der Waals surface area contributed by atoms with E-state index in [4.69, 9.17) is 4.74 Å². The number of imide groups is 1. The highest BCUT2D eigenvalue weighted by Gasteiger charge is 2.34. The maximum atomic E-state index is 12.2. The maximum absolute atomic E-state index is 12.2. The molecule has 6 nitrogen and oxygen atoms in total. The average molecular weight is 284 g/mol. The summed E-state index contributed by atoms with van der Waals surface area (Å²) in [5.74, 6) is -0.777. The normalized spacial score (nSPS) is 17.9. The molecular weight excluding hydrogens is 272 g/mol. The Labute approximate surface area is 120 Å². The predicted molar refractivity (Wildman–Crippen MR) is 73.2 cm³/mol. The third kappa shape index (κ3) is 1.54. The summed E-state index contributed by atoms with van der Waals surface area (Å²) in [4.78, 5) is 26.2. The smallest absolute Gasteiger partial charge is 0.285 e. The zero-order valence-electron chi connectivity index (χ0n) is 11.3. The first-order chi connectivity index (χ1) is 10.1. The average Bonchev–Trinajstić information content (AvgIpc) is 2.50. The lowest BCUT2D eigenvalue weighted by Gasteiger charge is -2.29. The standard InChI is InChI=1S/C15H12N2O4/c1-16-6-11-8-3-2-4-9-13(8)10(5-12(11)21-7-16)15(19)17(20)14(9)18/h2-5,20H,6-7H2,1H3. The fraction of sp³-hybridized carbons (Fsp3) is 0.200. The molecule has 6 heteroatoms. The molecule has 2 aromatic carbocycles. The van der Waals surface area contributed by atoms with E-state index in [2.05, 4.69) is 0 Å². The number of hydrogen-bond donors (Lipinski definition) is 1. The lowest BCUT2D eigenvalue weighted by molar-refractivity contribution is -0.0378. The second kappa shape index (κ2) is 4.03. The van der Waals surface area contributed by atoms with E-state index < -0.39 is 11.8 Å². The summed E-state index contributed by atoms with van der Waals surface area (Å²) in [6, 6.07) is 6.85. The zero-order chi connectivity index (χ0) is 14.7. The van der Waals surface area contributed by atoms with Gasteiger partial charge in [-0.2, -0.15) is 0 Å². The van der Waals surface area contributed by atoms with Crippen LogP contribution in [0.3, 0.4) is 0 Å². The Balaban J connectivity index is 2.13. The quantitative estimate of drug-likeness (QED) is 0.588. The summed E-state index contributed by atoms with van der Waals surface area (Å²) in [5, 5.41) is 11.3. The molecule has 0 atom stereocenters.